The highest BCUT2D eigenvalue weighted by atomic mass is 16.5. The van der Waals surface area contributed by atoms with E-state index in [-0.39, 0.29) is 24.3 Å². The van der Waals surface area contributed by atoms with Gasteiger partial charge < -0.3 is 24.8 Å². The lowest BCUT2D eigenvalue weighted by atomic mass is 10.0. The Balaban J connectivity index is 1.56. The quantitative estimate of drug-likeness (QED) is 0.380. The molecule has 8 nitrogen and oxygen atoms in total. The predicted octanol–water partition coefficient (Wildman–Crippen LogP) is 4.74. The van der Waals surface area contributed by atoms with Crippen molar-refractivity contribution in [2.75, 3.05) is 13.2 Å². The Labute approximate surface area is 212 Å². The lowest BCUT2D eigenvalue weighted by Crippen LogP contribution is -2.49. The number of benzene rings is 2. The molecule has 1 heterocycles. The fourth-order valence-corrected chi connectivity index (χ4v) is 3.43. The van der Waals surface area contributed by atoms with E-state index in [1.54, 1.807) is 36.5 Å². The molecule has 190 valence electrons. The van der Waals surface area contributed by atoms with Gasteiger partial charge in [-0.1, -0.05) is 32.0 Å². The number of nitrogens with zero attached hydrogens (tertiary/aromatic N) is 1. The summed E-state index contributed by atoms with van der Waals surface area (Å²) in [5, 5.41) is 5.72. The molecule has 3 aromatic rings. The molecule has 0 fully saturated rings. The molecule has 1 atom stereocenters. The summed E-state index contributed by atoms with van der Waals surface area (Å²) in [6, 6.07) is 17.1. The fraction of sp³-hybridized carbons (Fsp3) is 0.321. The highest BCUT2D eigenvalue weighted by Gasteiger charge is 2.24. The summed E-state index contributed by atoms with van der Waals surface area (Å²) in [4.78, 5) is 29.9. The van der Waals surface area contributed by atoms with E-state index in [4.69, 9.17) is 14.2 Å². The van der Waals surface area contributed by atoms with Crippen molar-refractivity contribution in [2.45, 2.75) is 40.3 Å². The molecule has 0 aliphatic heterocycles. The third-order valence-corrected chi connectivity index (χ3v) is 5.29. The molecule has 0 radical (unpaired) electrons. The predicted molar refractivity (Wildman–Crippen MR) is 137 cm³/mol. The molecule has 2 amide bonds. The van der Waals surface area contributed by atoms with Gasteiger partial charge in [0.25, 0.3) is 5.91 Å². The van der Waals surface area contributed by atoms with E-state index in [0.29, 0.717) is 41.9 Å². The molecule has 0 saturated heterocycles. The first-order chi connectivity index (χ1) is 17.4. The van der Waals surface area contributed by atoms with Crippen molar-refractivity contribution >= 4 is 11.8 Å². The van der Waals surface area contributed by atoms with Crippen molar-refractivity contribution in [3.63, 3.8) is 0 Å². The molecule has 8 heteroatoms. The van der Waals surface area contributed by atoms with Gasteiger partial charge in [0.15, 0.2) is 11.5 Å². The molecule has 0 aliphatic rings. The van der Waals surface area contributed by atoms with Crippen LogP contribution >= 0.6 is 0 Å². The molecule has 36 heavy (non-hydrogen) atoms. The number of aromatic nitrogens is 1. The van der Waals surface area contributed by atoms with Crippen LogP contribution in [0, 0.1) is 5.92 Å². The van der Waals surface area contributed by atoms with E-state index in [1.165, 1.54) is 0 Å². The van der Waals surface area contributed by atoms with Gasteiger partial charge in [0.05, 0.1) is 13.2 Å². The van der Waals surface area contributed by atoms with Crippen molar-refractivity contribution in [2.24, 2.45) is 5.92 Å². The van der Waals surface area contributed by atoms with Crippen LogP contribution in [0.15, 0.2) is 66.9 Å². The molecule has 0 aliphatic carbocycles. The second-order valence-corrected chi connectivity index (χ2v) is 8.36. The monoisotopic (exact) mass is 491 g/mol. The van der Waals surface area contributed by atoms with E-state index < -0.39 is 6.04 Å². The van der Waals surface area contributed by atoms with Gasteiger partial charge in [0.2, 0.25) is 11.8 Å². The number of para-hydroxylation sites is 2. The Bertz CT molecular complexity index is 1130. The van der Waals surface area contributed by atoms with Crippen LogP contribution in [0.2, 0.25) is 0 Å². The smallest absolute Gasteiger partial charge is 0.251 e. The number of pyridine rings is 1. The zero-order valence-corrected chi connectivity index (χ0v) is 21.1. The molecule has 0 saturated carbocycles. The van der Waals surface area contributed by atoms with Crippen LogP contribution in [0.1, 0.15) is 43.6 Å². The van der Waals surface area contributed by atoms with Gasteiger partial charge in [-0.05, 0) is 61.7 Å². The minimum absolute atomic E-state index is 0.101. The van der Waals surface area contributed by atoms with Gasteiger partial charge in [-0.3, -0.25) is 9.59 Å². The Hall–Kier alpha value is -4.07. The number of carbonyl (C=O) groups excluding carboxylic acids is 2. The largest absolute Gasteiger partial charge is 0.494 e. The number of nitrogens with one attached hydrogen (secondary N) is 2. The molecule has 2 N–H and O–H groups in total. The molecular weight excluding hydrogens is 458 g/mol. The third-order valence-electron chi connectivity index (χ3n) is 5.29. The SMILES string of the molecule is CCOc1ccc(C(=O)NC(C(=O)NCc2ccc(Oc3ccccc3OCC)nc2)C(C)C)cc1. The van der Waals surface area contributed by atoms with Crippen LogP contribution in [-0.2, 0) is 11.3 Å². The van der Waals surface area contributed by atoms with Gasteiger partial charge in [0.1, 0.15) is 11.8 Å². The van der Waals surface area contributed by atoms with Gasteiger partial charge in [-0.25, -0.2) is 4.98 Å². The maximum atomic E-state index is 12.9. The molecule has 1 unspecified atom stereocenters. The second kappa shape index (κ2) is 13.1. The zero-order valence-electron chi connectivity index (χ0n) is 21.1. The number of rotatable bonds is 12. The first-order valence-corrected chi connectivity index (χ1v) is 12.1. The minimum Gasteiger partial charge on any atom is -0.494 e. The lowest BCUT2D eigenvalue weighted by Gasteiger charge is -2.22. The number of amides is 2. The van der Waals surface area contributed by atoms with Crippen LogP contribution in [0.3, 0.4) is 0 Å². The van der Waals surface area contributed by atoms with Crippen LogP contribution in [0.5, 0.6) is 23.1 Å². The van der Waals surface area contributed by atoms with E-state index >= 15 is 0 Å². The average molecular weight is 492 g/mol. The standard InChI is InChI=1S/C28H33N3O5/c1-5-34-22-14-12-21(13-15-22)27(32)31-26(19(3)4)28(33)30-18-20-11-16-25(29-17-20)36-24-10-8-7-9-23(24)35-6-2/h7-17,19,26H,5-6,18H2,1-4H3,(H,30,33)(H,31,32). The Morgan fingerprint density at radius 2 is 1.58 bits per heavy atom. The summed E-state index contributed by atoms with van der Waals surface area (Å²) < 4.78 is 16.8. The van der Waals surface area contributed by atoms with E-state index in [9.17, 15) is 9.59 Å². The molecule has 3 rings (SSSR count). The molecular formula is C28H33N3O5. The van der Waals surface area contributed by atoms with E-state index in [1.807, 2.05) is 58.0 Å². The minimum atomic E-state index is -0.685. The van der Waals surface area contributed by atoms with Crippen LogP contribution in [0.25, 0.3) is 0 Å². The number of hydrogen-bond acceptors (Lipinski definition) is 6. The van der Waals surface area contributed by atoms with Crippen molar-refractivity contribution in [1.29, 1.82) is 0 Å². The number of carbonyl (C=O) groups is 2. The summed E-state index contributed by atoms with van der Waals surface area (Å²) in [7, 11) is 0. The number of ether oxygens (including phenoxy) is 3. The summed E-state index contributed by atoms with van der Waals surface area (Å²) in [6.07, 6.45) is 1.64. The zero-order chi connectivity index (χ0) is 25.9. The molecule has 2 aromatic carbocycles. The maximum absolute atomic E-state index is 12.9. The molecule has 0 bridgehead atoms. The van der Waals surface area contributed by atoms with Crippen molar-refractivity contribution in [3.8, 4) is 23.1 Å². The lowest BCUT2D eigenvalue weighted by molar-refractivity contribution is -0.124. The fourth-order valence-electron chi connectivity index (χ4n) is 3.43. The summed E-state index contributed by atoms with van der Waals surface area (Å²) in [6.45, 7) is 8.93. The van der Waals surface area contributed by atoms with E-state index in [0.717, 1.165) is 5.56 Å². The number of hydrogen-bond donors (Lipinski definition) is 2. The summed E-state index contributed by atoms with van der Waals surface area (Å²) in [5.74, 6) is 1.64. The average Bonchev–Trinajstić information content (AvgIpc) is 2.88. The first-order valence-electron chi connectivity index (χ1n) is 12.1. The van der Waals surface area contributed by atoms with Crippen LogP contribution in [0.4, 0.5) is 0 Å². The summed E-state index contributed by atoms with van der Waals surface area (Å²) >= 11 is 0. The Morgan fingerprint density at radius 3 is 2.19 bits per heavy atom. The van der Waals surface area contributed by atoms with Crippen molar-refractivity contribution < 1.29 is 23.8 Å². The Morgan fingerprint density at radius 1 is 0.889 bits per heavy atom. The normalized spacial score (nSPS) is 11.5. The van der Waals surface area contributed by atoms with Gasteiger partial charge >= 0.3 is 0 Å². The summed E-state index contributed by atoms with van der Waals surface area (Å²) in [5.41, 5.74) is 1.26. The molecule has 1 aromatic heterocycles. The second-order valence-electron chi connectivity index (χ2n) is 8.36. The highest BCUT2D eigenvalue weighted by molar-refractivity contribution is 5.97. The molecule has 0 spiro atoms. The third kappa shape index (κ3) is 7.46. The van der Waals surface area contributed by atoms with E-state index in [2.05, 4.69) is 15.6 Å². The Kier molecular flexibility index (Phi) is 9.68. The van der Waals surface area contributed by atoms with Crippen molar-refractivity contribution in [1.82, 2.24) is 15.6 Å². The van der Waals surface area contributed by atoms with Gasteiger partial charge in [-0.2, -0.15) is 0 Å². The van der Waals surface area contributed by atoms with Crippen LogP contribution < -0.4 is 24.8 Å². The highest BCUT2D eigenvalue weighted by Crippen LogP contribution is 2.30. The van der Waals surface area contributed by atoms with Gasteiger partial charge in [-0.15, -0.1) is 0 Å². The topological polar surface area (TPSA) is 98.8 Å². The van der Waals surface area contributed by atoms with Crippen LogP contribution in [-0.4, -0.2) is 36.1 Å². The maximum Gasteiger partial charge on any atom is 0.251 e. The van der Waals surface area contributed by atoms with Crippen molar-refractivity contribution in [3.05, 3.63) is 78.0 Å². The van der Waals surface area contributed by atoms with Gasteiger partial charge in [0, 0.05) is 24.4 Å². The first kappa shape index (κ1) is 26.5.